The first-order valence-electron chi connectivity index (χ1n) is 9.18. The molecule has 0 amide bonds. The Labute approximate surface area is 164 Å². The lowest BCUT2D eigenvalue weighted by atomic mass is 9.71. The molecular weight excluding hydrogens is 360 g/mol. The quantitative estimate of drug-likeness (QED) is 0.565. The van der Waals surface area contributed by atoms with Gasteiger partial charge in [0.05, 0.1) is 14.2 Å². The van der Waals surface area contributed by atoms with E-state index in [2.05, 4.69) is 0 Å². The van der Waals surface area contributed by atoms with E-state index >= 15 is 0 Å². The first-order chi connectivity index (χ1) is 13.4. The van der Waals surface area contributed by atoms with Crippen molar-refractivity contribution in [3.63, 3.8) is 0 Å². The highest BCUT2D eigenvalue weighted by Gasteiger charge is 2.41. The number of aliphatic carboxylic acids is 2. The number of hydrogen-bond donors (Lipinski definition) is 2. The highest BCUT2D eigenvalue weighted by atomic mass is 16.5. The fraction of sp³-hybridized carbons (Fsp3) is 0.364. The molecule has 0 saturated carbocycles. The number of carbonyl (C=O) groups is 2. The zero-order chi connectivity index (χ0) is 20.6. The van der Waals surface area contributed by atoms with Crippen molar-refractivity contribution in [3.8, 4) is 11.5 Å². The predicted molar refractivity (Wildman–Crippen MR) is 105 cm³/mol. The molecule has 0 fully saturated rings. The molecule has 2 rings (SSSR count). The molecule has 0 heterocycles. The Morgan fingerprint density at radius 1 is 0.786 bits per heavy atom. The van der Waals surface area contributed by atoms with Crippen molar-refractivity contribution in [2.24, 2.45) is 0 Å². The number of carboxylic acids is 2. The summed E-state index contributed by atoms with van der Waals surface area (Å²) in [6.07, 6.45) is 2.22. The summed E-state index contributed by atoms with van der Waals surface area (Å²) in [5.41, 5.74) is 0.0790. The zero-order valence-corrected chi connectivity index (χ0v) is 16.2. The van der Waals surface area contributed by atoms with Crippen LogP contribution in [-0.4, -0.2) is 36.4 Å². The van der Waals surface area contributed by atoms with Gasteiger partial charge in [0, 0.05) is 6.42 Å². The maximum absolute atomic E-state index is 12.5. The summed E-state index contributed by atoms with van der Waals surface area (Å²) in [4.78, 5) is 23.3. The maximum Gasteiger partial charge on any atom is 0.318 e. The average molecular weight is 386 g/mol. The second kappa shape index (κ2) is 9.78. The van der Waals surface area contributed by atoms with E-state index in [1.165, 1.54) is 0 Å². The fourth-order valence-electron chi connectivity index (χ4n) is 3.40. The Morgan fingerprint density at radius 3 is 1.61 bits per heavy atom. The number of ether oxygens (including phenoxy) is 2. The lowest BCUT2D eigenvalue weighted by molar-refractivity contribution is -0.142. The van der Waals surface area contributed by atoms with E-state index in [1.807, 2.05) is 0 Å². The smallest absolute Gasteiger partial charge is 0.318 e. The van der Waals surface area contributed by atoms with Crippen LogP contribution >= 0.6 is 0 Å². The van der Waals surface area contributed by atoms with Crippen LogP contribution in [0.4, 0.5) is 0 Å². The largest absolute Gasteiger partial charge is 0.497 e. The molecule has 0 bridgehead atoms. The van der Waals surface area contributed by atoms with Crippen LogP contribution in [0.3, 0.4) is 0 Å². The van der Waals surface area contributed by atoms with Gasteiger partial charge in [-0.15, -0.1) is 0 Å². The molecule has 0 aliphatic carbocycles. The van der Waals surface area contributed by atoms with Crippen LogP contribution in [0.5, 0.6) is 11.5 Å². The average Bonchev–Trinajstić information content (AvgIpc) is 2.70. The van der Waals surface area contributed by atoms with Crippen LogP contribution in [0.15, 0.2) is 48.5 Å². The highest BCUT2D eigenvalue weighted by Crippen LogP contribution is 2.39. The van der Waals surface area contributed by atoms with Crippen LogP contribution in [0.2, 0.25) is 0 Å². The summed E-state index contributed by atoms with van der Waals surface area (Å²) in [5.74, 6) is -0.477. The van der Waals surface area contributed by atoms with Gasteiger partial charge < -0.3 is 19.7 Å². The van der Waals surface area contributed by atoms with E-state index in [4.69, 9.17) is 14.6 Å². The van der Waals surface area contributed by atoms with Gasteiger partial charge in [0.1, 0.15) is 16.9 Å². The minimum absolute atomic E-state index is 0.0884. The van der Waals surface area contributed by atoms with E-state index in [0.29, 0.717) is 48.3 Å². The SMILES string of the molecule is COc1ccc(C(CCCCCC(=O)O)(C(=O)O)c2ccc(OC)cc2)cc1. The molecule has 2 aromatic carbocycles. The highest BCUT2D eigenvalue weighted by molar-refractivity contribution is 5.86. The number of hydrogen-bond acceptors (Lipinski definition) is 4. The minimum Gasteiger partial charge on any atom is -0.497 e. The molecule has 6 heteroatoms. The third-order valence-electron chi connectivity index (χ3n) is 4.97. The van der Waals surface area contributed by atoms with Gasteiger partial charge in [-0.1, -0.05) is 37.1 Å². The van der Waals surface area contributed by atoms with Crippen molar-refractivity contribution in [1.29, 1.82) is 0 Å². The molecule has 0 unspecified atom stereocenters. The zero-order valence-electron chi connectivity index (χ0n) is 16.2. The van der Waals surface area contributed by atoms with Gasteiger partial charge in [-0.05, 0) is 48.2 Å². The molecule has 2 N–H and O–H groups in total. The lowest BCUT2D eigenvalue weighted by Crippen LogP contribution is -2.37. The van der Waals surface area contributed by atoms with E-state index < -0.39 is 17.4 Å². The van der Waals surface area contributed by atoms with Crippen molar-refractivity contribution >= 4 is 11.9 Å². The molecule has 6 nitrogen and oxygen atoms in total. The summed E-state index contributed by atoms with van der Waals surface area (Å²) >= 11 is 0. The second-order valence-electron chi connectivity index (χ2n) is 6.62. The van der Waals surface area contributed by atoms with Crippen molar-refractivity contribution in [2.45, 2.75) is 37.5 Å². The number of methoxy groups -OCH3 is 2. The number of unbranched alkanes of at least 4 members (excludes halogenated alkanes) is 2. The minimum atomic E-state index is -1.23. The first kappa shape index (κ1) is 21.3. The number of benzene rings is 2. The van der Waals surface area contributed by atoms with Gasteiger partial charge in [0.25, 0.3) is 0 Å². The molecule has 0 radical (unpaired) electrons. The maximum atomic E-state index is 12.5. The summed E-state index contributed by atoms with van der Waals surface area (Å²) in [6, 6.07) is 14.1. The summed E-state index contributed by atoms with van der Waals surface area (Å²) in [6.45, 7) is 0. The third-order valence-corrected chi connectivity index (χ3v) is 4.97. The van der Waals surface area contributed by atoms with Crippen molar-refractivity contribution in [1.82, 2.24) is 0 Å². The van der Waals surface area contributed by atoms with Gasteiger partial charge >= 0.3 is 11.9 Å². The van der Waals surface area contributed by atoms with E-state index in [1.54, 1.807) is 62.8 Å². The lowest BCUT2D eigenvalue weighted by Gasteiger charge is -2.31. The number of rotatable bonds is 11. The molecule has 0 saturated heterocycles. The van der Waals surface area contributed by atoms with Gasteiger partial charge in [-0.3, -0.25) is 9.59 Å². The number of carboxylic acid groups (broad SMARTS) is 2. The Kier molecular flexibility index (Phi) is 7.44. The van der Waals surface area contributed by atoms with Crippen LogP contribution < -0.4 is 9.47 Å². The van der Waals surface area contributed by atoms with E-state index in [-0.39, 0.29) is 6.42 Å². The molecule has 0 aromatic heterocycles. The van der Waals surface area contributed by atoms with Crippen LogP contribution in [-0.2, 0) is 15.0 Å². The van der Waals surface area contributed by atoms with Gasteiger partial charge in [0.15, 0.2) is 0 Å². The molecular formula is C22H26O6. The van der Waals surface area contributed by atoms with Crippen LogP contribution in [0.1, 0.15) is 43.2 Å². The van der Waals surface area contributed by atoms with E-state index in [9.17, 15) is 14.7 Å². The molecule has 28 heavy (non-hydrogen) atoms. The molecule has 0 aliphatic rings. The summed E-state index contributed by atoms with van der Waals surface area (Å²) in [7, 11) is 3.12. The van der Waals surface area contributed by atoms with Crippen molar-refractivity contribution < 1.29 is 29.3 Å². The standard InChI is InChI=1S/C22H26O6/c1-27-18-11-7-16(8-12-18)22(21(25)26,15-5-3-4-6-20(23)24)17-9-13-19(28-2)14-10-17/h7-14H,3-6,15H2,1-2H3,(H,23,24)(H,25,26). The summed E-state index contributed by atoms with van der Waals surface area (Å²) < 4.78 is 10.4. The summed E-state index contributed by atoms with van der Waals surface area (Å²) in [5, 5.41) is 19.1. The predicted octanol–water partition coefficient (Wildman–Crippen LogP) is 4.11. The monoisotopic (exact) mass is 386 g/mol. The van der Waals surface area contributed by atoms with Crippen LogP contribution in [0, 0.1) is 0 Å². The van der Waals surface area contributed by atoms with Gasteiger partial charge in [-0.25, -0.2) is 0 Å². The topological polar surface area (TPSA) is 93.1 Å². The third kappa shape index (κ3) is 4.82. The van der Waals surface area contributed by atoms with Crippen LogP contribution in [0.25, 0.3) is 0 Å². The fourth-order valence-corrected chi connectivity index (χ4v) is 3.40. The first-order valence-corrected chi connectivity index (χ1v) is 9.18. The molecule has 0 spiro atoms. The van der Waals surface area contributed by atoms with E-state index in [0.717, 1.165) is 0 Å². The Balaban J connectivity index is 2.40. The molecule has 0 atom stereocenters. The molecule has 150 valence electrons. The molecule has 0 aliphatic heterocycles. The van der Waals surface area contributed by atoms with Gasteiger partial charge in [0.2, 0.25) is 0 Å². The second-order valence-corrected chi connectivity index (χ2v) is 6.62. The normalized spacial score (nSPS) is 11.1. The van der Waals surface area contributed by atoms with Gasteiger partial charge in [-0.2, -0.15) is 0 Å². The Bertz CT molecular complexity index is 732. The Hall–Kier alpha value is -3.02. The van der Waals surface area contributed by atoms with Crippen molar-refractivity contribution in [2.75, 3.05) is 14.2 Å². The molecule has 2 aromatic rings. The Morgan fingerprint density at radius 2 is 1.25 bits per heavy atom. The van der Waals surface area contributed by atoms with Crippen molar-refractivity contribution in [3.05, 3.63) is 59.7 Å².